The quantitative estimate of drug-likeness (QED) is 0.811. The lowest BCUT2D eigenvalue weighted by Gasteiger charge is -2.34. The van der Waals surface area contributed by atoms with Crippen molar-refractivity contribution in [3.8, 4) is 0 Å². The minimum atomic E-state index is -0.333. The van der Waals surface area contributed by atoms with Crippen molar-refractivity contribution in [2.45, 2.75) is 38.5 Å². The van der Waals surface area contributed by atoms with E-state index in [1.54, 1.807) is 36.4 Å². The van der Waals surface area contributed by atoms with E-state index in [4.69, 9.17) is 4.42 Å². The Bertz CT molecular complexity index is 891. The molecular formula is C24H29N3O4. The number of carbonyl (C=O) groups excluding carboxylic acids is 3. The third kappa shape index (κ3) is 5.16. The van der Waals surface area contributed by atoms with E-state index in [1.165, 1.54) is 19.1 Å². The van der Waals surface area contributed by atoms with Crippen LogP contribution in [0.1, 0.15) is 59.4 Å². The normalized spacial score (nSPS) is 17.8. The number of rotatable bonds is 4. The maximum absolute atomic E-state index is 12.9. The minimum absolute atomic E-state index is 0.0290. The lowest BCUT2D eigenvalue weighted by Crippen LogP contribution is -2.44. The number of hydrogen-bond acceptors (Lipinski definition) is 4. The van der Waals surface area contributed by atoms with Crippen molar-refractivity contribution >= 4 is 23.4 Å². The Labute approximate surface area is 182 Å². The molecular weight excluding hydrogens is 394 g/mol. The molecule has 0 saturated carbocycles. The Balaban J connectivity index is 1.29. The molecule has 1 N–H and O–H groups in total. The average Bonchev–Trinajstić information content (AvgIpc) is 3.22. The number of nitrogens with zero attached hydrogens (tertiary/aromatic N) is 2. The predicted molar refractivity (Wildman–Crippen MR) is 117 cm³/mol. The summed E-state index contributed by atoms with van der Waals surface area (Å²) in [5.74, 6) is 0.162. The number of amides is 3. The smallest absolute Gasteiger partial charge is 0.291 e. The summed E-state index contributed by atoms with van der Waals surface area (Å²) in [5.41, 5.74) is 1.17. The van der Waals surface area contributed by atoms with Crippen LogP contribution in [0.3, 0.4) is 0 Å². The van der Waals surface area contributed by atoms with E-state index in [2.05, 4.69) is 5.32 Å². The summed E-state index contributed by atoms with van der Waals surface area (Å²) >= 11 is 0. The zero-order valence-electron chi connectivity index (χ0n) is 17.7. The van der Waals surface area contributed by atoms with Gasteiger partial charge in [-0.25, -0.2) is 0 Å². The Hall–Kier alpha value is -3.09. The number of hydrogen-bond donors (Lipinski definition) is 1. The summed E-state index contributed by atoms with van der Waals surface area (Å²) in [6.07, 6.45) is 7.50. The lowest BCUT2D eigenvalue weighted by atomic mass is 9.94. The molecule has 2 aliphatic rings. The fourth-order valence-corrected chi connectivity index (χ4v) is 4.36. The molecule has 2 fully saturated rings. The zero-order chi connectivity index (χ0) is 21.6. The van der Waals surface area contributed by atoms with Crippen molar-refractivity contribution in [1.29, 1.82) is 0 Å². The molecule has 0 aliphatic carbocycles. The van der Waals surface area contributed by atoms with Crippen LogP contribution in [-0.2, 0) is 4.79 Å². The van der Waals surface area contributed by atoms with Crippen LogP contribution < -0.4 is 5.32 Å². The standard InChI is InChI=1S/C24H29N3O4/c28-22(21-6-5-17-31-21)25-20-9-7-18(8-10-20)23(29)27-15-11-19(12-16-27)24(30)26-13-3-1-2-4-14-26/h5-10,17,19H,1-4,11-16H2,(H,25,28). The first-order valence-electron chi connectivity index (χ1n) is 11.1. The van der Waals surface area contributed by atoms with Crippen molar-refractivity contribution in [1.82, 2.24) is 9.80 Å². The monoisotopic (exact) mass is 423 g/mol. The molecule has 0 bridgehead atoms. The fraction of sp³-hybridized carbons (Fsp3) is 0.458. The van der Waals surface area contributed by atoms with Gasteiger partial charge in [-0.05, 0) is 62.1 Å². The molecule has 31 heavy (non-hydrogen) atoms. The third-order valence-electron chi connectivity index (χ3n) is 6.18. The van der Waals surface area contributed by atoms with E-state index in [0.717, 1.165) is 38.8 Å². The molecule has 2 aliphatic heterocycles. The highest BCUT2D eigenvalue weighted by Gasteiger charge is 2.30. The highest BCUT2D eigenvalue weighted by atomic mass is 16.3. The van der Waals surface area contributed by atoms with Gasteiger partial charge in [0.05, 0.1) is 6.26 Å². The van der Waals surface area contributed by atoms with Crippen molar-refractivity contribution in [2.75, 3.05) is 31.5 Å². The fourth-order valence-electron chi connectivity index (χ4n) is 4.36. The first kappa shape index (κ1) is 21.2. The van der Waals surface area contributed by atoms with Crippen molar-refractivity contribution in [3.05, 3.63) is 54.0 Å². The lowest BCUT2D eigenvalue weighted by molar-refractivity contribution is -0.136. The number of likely N-dealkylation sites (tertiary alicyclic amines) is 2. The Morgan fingerprint density at radius 3 is 2.13 bits per heavy atom. The molecule has 7 heteroatoms. The maximum atomic E-state index is 12.9. The van der Waals surface area contributed by atoms with Crippen LogP contribution in [0.25, 0.3) is 0 Å². The van der Waals surface area contributed by atoms with Gasteiger partial charge >= 0.3 is 0 Å². The molecule has 4 rings (SSSR count). The number of nitrogens with one attached hydrogen (secondary N) is 1. The van der Waals surface area contributed by atoms with Crippen LogP contribution in [0.5, 0.6) is 0 Å². The molecule has 7 nitrogen and oxygen atoms in total. The van der Waals surface area contributed by atoms with Crippen LogP contribution in [0.2, 0.25) is 0 Å². The van der Waals surface area contributed by atoms with E-state index in [0.29, 0.717) is 24.3 Å². The Morgan fingerprint density at radius 2 is 1.52 bits per heavy atom. The van der Waals surface area contributed by atoms with Crippen LogP contribution in [0, 0.1) is 5.92 Å². The van der Waals surface area contributed by atoms with E-state index < -0.39 is 0 Å². The summed E-state index contributed by atoms with van der Waals surface area (Å²) in [5, 5.41) is 2.74. The number of benzene rings is 1. The molecule has 3 heterocycles. The topological polar surface area (TPSA) is 82.9 Å². The number of carbonyl (C=O) groups is 3. The van der Waals surface area contributed by atoms with E-state index >= 15 is 0 Å². The van der Waals surface area contributed by atoms with Gasteiger partial charge in [0, 0.05) is 43.3 Å². The molecule has 164 valence electrons. The van der Waals surface area contributed by atoms with Gasteiger partial charge in [0.25, 0.3) is 11.8 Å². The van der Waals surface area contributed by atoms with Crippen LogP contribution in [0.4, 0.5) is 5.69 Å². The predicted octanol–water partition coefficient (Wildman–Crippen LogP) is 3.79. The number of piperidine rings is 1. The van der Waals surface area contributed by atoms with Gasteiger partial charge in [0.1, 0.15) is 0 Å². The summed E-state index contributed by atoms with van der Waals surface area (Å²) in [6.45, 7) is 2.95. The van der Waals surface area contributed by atoms with E-state index in [9.17, 15) is 14.4 Å². The molecule has 0 atom stereocenters. The minimum Gasteiger partial charge on any atom is -0.459 e. The molecule has 0 spiro atoms. The third-order valence-corrected chi connectivity index (χ3v) is 6.18. The van der Waals surface area contributed by atoms with Crippen LogP contribution in [0.15, 0.2) is 47.1 Å². The van der Waals surface area contributed by atoms with Gasteiger partial charge in [-0.3, -0.25) is 14.4 Å². The summed E-state index contributed by atoms with van der Waals surface area (Å²) < 4.78 is 5.08. The summed E-state index contributed by atoms with van der Waals surface area (Å²) in [7, 11) is 0. The average molecular weight is 424 g/mol. The van der Waals surface area contributed by atoms with Crippen molar-refractivity contribution in [2.24, 2.45) is 5.92 Å². The molecule has 3 amide bonds. The highest BCUT2D eigenvalue weighted by molar-refractivity contribution is 6.02. The first-order chi connectivity index (χ1) is 15.1. The van der Waals surface area contributed by atoms with E-state index in [1.807, 2.05) is 9.80 Å². The second-order valence-corrected chi connectivity index (χ2v) is 8.31. The molecule has 0 unspecified atom stereocenters. The van der Waals surface area contributed by atoms with Gasteiger partial charge in [0.15, 0.2) is 5.76 Å². The Morgan fingerprint density at radius 1 is 0.839 bits per heavy atom. The second kappa shape index (κ2) is 9.81. The second-order valence-electron chi connectivity index (χ2n) is 8.31. The van der Waals surface area contributed by atoms with Gasteiger partial charge in [-0.15, -0.1) is 0 Å². The van der Waals surface area contributed by atoms with E-state index in [-0.39, 0.29) is 29.4 Å². The molecule has 1 aromatic carbocycles. The van der Waals surface area contributed by atoms with Gasteiger partial charge in [-0.1, -0.05) is 12.8 Å². The van der Waals surface area contributed by atoms with Gasteiger partial charge < -0.3 is 19.5 Å². The largest absolute Gasteiger partial charge is 0.459 e. The maximum Gasteiger partial charge on any atom is 0.291 e. The highest BCUT2D eigenvalue weighted by Crippen LogP contribution is 2.23. The number of furan rings is 1. The molecule has 0 radical (unpaired) electrons. The van der Waals surface area contributed by atoms with Gasteiger partial charge in [0.2, 0.25) is 5.91 Å². The first-order valence-corrected chi connectivity index (χ1v) is 11.1. The number of anilines is 1. The summed E-state index contributed by atoms with van der Waals surface area (Å²) in [6, 6.07) is 10.1. The van der Waals surface area contributed by atoms with Gasteiger partial charge in [-0.2, -0.15) is 0 Å². The van der Waals surface area contributed by atoms with Crippen LogP contribution in [-0.4, -0.2) is 53.7 Å². The zero-order valence-corrected chi connectivity index (χ0v) is 17.7. The SMILES string of the molecule is O=C(Nc1ccc(C(=O)N2CCC(C(=O)N3CCCCCC3)CC2)cc1)c1ccco1. The summed E-state index contributed by atoms with van der Waals surface area (Å²) in [4.78, 5) is 41.6. The molecule has 2 aromatic rings. The Kier molecular flexibility index (Phi) is 6.70. The molecule has 2 saturated heterocycles. The van der Waals surface area contributed by atoms with Crippen LogP contribution >= 0.6 is 0 Å². The van der Waals surface area contributed by atoms with Crippen molar-refractivity contribution in [3.63, 3.8) is 0 Å². The van der Waals surface area contributed by atoms with Crippen molar-refractivity contribution < 1.29 is 18.8 Å². The molecule has 1 aromatic heterocycles.